The summed E-state index contributed by atoms with van der Waals surface area (Å²) >= 11 is 0. The number of ether oxygens (including phenoxy) is 2. The minimum Gasteiger partial charge on any atom is -0.497 e. The Labute approximate surface area is 167 Å². The highest BCUT2D eigenvalue weighted by Crippen LogP contribution is 2.46. The molecule has 0 atom stereocenters. The van der Waals surface area contributed by atoms with Crippen molar-refractivity contribution in [2.75, 3.05) is 19.5 Å². The molecule has 5 heteroatoms. The second kappa shape index (κ2) is 6.63. The third-order valence-electron chi connectivity index (χ3n) is 5.22. The van der Waals surface area contributed by atoms with Crippen LogP contribution in [0.25, 0.3) is 22.0 Å². The molecule has 0 amide bonds. The lowest BCUT2D eigenvalue weighted by Crippen LogP contribution is -2.02. The molecule has 142 valence electrons. The zero-order valence-electron chi connectivity index (χ0n) is 16.0. The molecule has 0 saturated heterocycles. The fourth-order valence-electron chi connectivity index (χ4n) is 3.87. The van der Waals surface area contributed by atoms with Crippen molar-refractivity contribution < 1.29 is 14.3 Å². The highest BCUT2D eigenvalue weighted by molar-refractivity contribution is 6.28. The summed E-state index contributed by atoms with van der Waals surface area (Å²) in [4.78, 5) is 18.2. The number of methoxy groups -OCH3 is 2. The van der Waals surface area contributed by atoms with Crippen LogP contribution >= 0.6 is 0 Å². The van der Waals surface area contributed by atoms with Gasteiger partial charge in [0.1, 0.15) is 17.3 Å². The van der Waals surface area contributed by atoms with Gasteiger partial charge in [0.25, 0.3) is 0 Å². The predicted octanol–water partition coefficient (Wildman–Crippen LogP) is 5.21. The Morgan fingerprint density at radius 3 is 2.45 bits per heavy atom. The average Bonchev–Trinajstić information content (AvgIpc) is 3.07. The van der Waals surface area contributed by atoms with Crippen LogP contribution in [0.1, 0.15) is 15.9 Å². The normalized spacial score (nSPS) is 11.9. The van der Waals surface area contributed by atoms with Crippen LogP contribution in [0.3, 0.4) is 0 Å². The molecule has 4 aromatic rings. The Hall–Kier alpha value is -3.86. The Morgan fingerprint density at radius 2 is 1.62 bits per heavy atom. The molecule has 0 radical (unpaired) electrons. The van der Waals surface area contributed by atoms with E-state index in [1.165, 1.54) is 0 Å². The van der Waals surface area contributed by atoms with Crippen molar-refractivity contribution in [1.29, 1.82) is 0 Å². The van der Waals surface area contributed by atoms with Gasteiger partial charge in [-0.25, -0.2) is 4.98 Å². The summed E-state index contributed by atoms with van der Waals surface area (Å²) < 4.78 is 10.8. The number of anilines is 2. The van der Waals surface area contributed by atoms with Crippen molar-refractivity contribution in [3.8, 4) is 22.6 Å². The molecule has 3 aromatic carbocycles. The number of nitrogens with zero attached hydrogens (tertiary/aromatic N) is 1. The van der Waals surface area contributed by atoms with Crippen molar-refractivity contribution in [2.24, 2.45) is 0 Å². The summed E-state index contributed by atoms with van der Waals surface area (Å²) in [6.45, 7) is 0. The number of ketones is 1. The number of fused-ring (bicyclic) bond motifs is 5. The Morgan fingerprint density at radius 1 is 0.828 bits per heavy atom. The standard InChI is InChI=1S/C24H18N2O3/c1-28-14-11-12-15-17(13-14)23(27)21-16-7-3-4-8-18(16)25-24(22(15)21)26-19-9-5-6-10-20(19)29-2/h3-13H,1-2H3,(H,25,26). The number of pyridine rings is 1. The fraction of sp³-hybridized carbons (Fsp3) is 0.0833. The molecule has 0 spiro atoms. The predicted molar refractivity (Wildman–Crippen MR) is 113 cm³/mol. The highest BCUT2D eigenvalue weighted by Gasteiger charge is 2.32. The van der Waals surface area contributed by atoms with Gasteiger partial charge in [0.15, 0.2) is 5.78 Å². The maximum absolute atomic E-state index is 13.4. The molecule has 1 aromatic heterocycles. The first kappa shape index (κ1) is 17.3. The van der Waals surface area contributed by atoms with Crippen molar-refractivity contribution in [3.05, 3.63) is 77.9 Å². The maximum atomic E-state index is 13.4. The topological polar surface area (TPSA) is 60.5 Å². The van der Waals surface area contributed by atoms with E-state index >= 15 is 0 Å². The molecule has 5 nitrogen and oxygen atoms in total. The lowest BCUT2D eigenvalue weighted by Gasteiger charge is -2.15. The monoisotopic (exact) mass is 382 g/mol. The largest absolute Gasteiger partial charge is 0.497 e. The molecule has 0 fully saturated rings. The minimum atomic E-state index is -0.0180. The van der Waals surface area contributed by atoms with Crippen molar-refractivity contribution in [2.45, 2.75) is 0 Å². The van der Waals surface area contributed by atoms with Crippen molar-refractivity contribution in [3.63, 3.8) is 0 Å². The van der Waals surface area contributed by atoms with Gasteiger partial charge in [0.05, 0.1) is 25.4 Å². The molecule has 1 heterocycles. The van der Waals surface area contributed by atoms with Crippen molar-refractivity contribution >= 4 is 28.2 Å². The molecule has 5 rings (SSSR count). The first-order valence-corrected chi connectivity index (χ1v) is 9.27. The Kier molecular flexibility index (Phi) is 3.95. The summed E-state index contributed by atoms with van der Waals surface area (Å²) in [5.41, 5.74) is 4.49. The Balaban J connectivity index is 1.79. The van der Waals surface area contributed by atoms with Gasteiger partial charge in [-0.2, -0.15) is 0 Å². The lowest BCUT2D eigenvalue weighted by molar-refractivity contribution is 0.104. The number of rotatable bonds is 4. The van der Waals surface area contributed by atoms with E-state index in [4.69, 9.17) is 14.5 Å². The molecule has 29 heavy (non-hydrogen) atoms. The number of hydrogen-bond donors (Lipinski definition) is 1. The number of benzene rings is 3. The van der Waals surface area contributed by atoms with Crippen LogP contribution in [-0.4, -0.2) is 25.0 Å². The maximum Gasteiger partial charge on any atom is 0.195 e. The summed E-state index contributed by atoms with van der Waals surface area (Å²) in [6.07, 6.45) is 0. The summed E-state index contributed by atoms with van der Waals surface area (Å²) in [5, 5.41) is 4.23. The molecule has 0 unspecified atom stereocenters. The quantitative estimate of drug-likeness (QED) is 0.462. The zero-order valence-corrected chi connectivity index (χ0v) is 16.0. The van der Waals surface area contributed by atoms with Crippen LogP contribution in [0.5, 0.6) is 11.5 Å². The van der Waals surface area contributed by atoms with E-state index < -0.39 is 0 Å². The summed E-state index contributed by atoms with van der Waals surface area (Å²) in [7, 11) is 3.23. The summed E-state index contributed by atoms with van der Waals surface area (Å²) in [6, 6.07) is 20.9. The van der Waals surface area contributed by atoms with Gasteiger partial charge in [-0.3, -0.25) is 4.79 Å². The molecule has 0 saturated carbocycles. The van der Waals surface area contributed by atoms with Gasteiger partial charge in [0.2, 0.25) is 0 Å². The number of nitrogens with one attached hydrogen (secondary N) is 1. The van der Waals surface area contributed by atoms with E-state index in [0.717, 1.165) is 27.7 Å². The van der Waals surface area contributed by atoms with Gasteiger partial charge in [-0.15, -0.1) is 0 Å². The van der Waals surface area contributed by atoms with Gasteiger partial charge in [0, 0.05) is 22.1 Å². The first-order chi connectivity index (χ1) is 14.2. The molecule has 0 bridgehead atoms. The van der Waals surface area contributed by atoms with Gasteiger partial charge < -0.3 is 14.8 Å². The lowest BCUT2D eigenvalue weighted by atomic mass is 10.0. The van der Waals surface area contributed by atoms with E-state index in [9.17, 15) is 4.79 Å². The van der Waals surface area contributed by atoms with Gasteiger partial charge >= 0.3 is 0 Å². The van der Waals surface area contributed by atoms with E-state index in [-0.39, 0.29) is 5.78 Å². The third kappa shape index (κ3) is 2.63. The smallest absolute Gasteiger partial charge is 0.195 e. The van der Waals surface area contributed by atoms with E-state index in [0.29, 0.717) is 28.4 Å². The summed E-state index contributed by atoms with van der Waals surface area (Å²) in [5.74, 6) is 1.97. The van der Waals surface area contributed by atoms with Gasteiger partial charge in [-0.1, -0.05) is 30.3 Å². The minimum absolute atomic E-state index is 0.0180. The number of aromatic nitrogens is 1. The van der Waals surface area contributed by atoms with Crippen LogP contribution in [0.2, 0.25) is 0 Å². The highest BCUT2D eigenvalue weighted by atomic mass is 16.5. The molecule has 1 N–H and O–H groups in total. The SMILES string of the molecule is COc1ccc2c(c1)C(=O)c1c-2c(Nc2ccccc2OC)nc2ccccc12. The third-order valence-corrected chi connectivity index (χ3v) is 5.22. The fourth-order valence-corrected chi connectivity index (χ4v) is 3.87. The van der Waals surface area contributed by atoms with Crippen LogP contribution in [0, 0.1) is 0 Å². The van der Waals surface area contributed by atoms with Crippen LogP contribution < -0.4 is 14.8 Å². The van der Waals surface area contributed by atoms with Gasteiger partial charge in [-0.05, 0) is 42.0 Å². The van der Waals surface area contributed by atoms with E-state index in [2.05, 4.69) is 5.32 Å². The van der Waals surface area contributed by atoms with Crippen LogP contribution in [-0.2, 0) is 0 Å². The first-order valence-electron chi connectivity index (χ1n) is 9.27. The van der Waals surface area contributed by atoms with Crippen molar-refractivity contribution in [1.82, 2.24) is 4.98 Å². The van der Waals surface area contributed by atoms with Crippen LogP contribution in [0.15, 0.2) is 66.7 Å². The molecule has 0 aliphatic heterocycles. The van der Waals surface area contributed by atoms with E-state index in [1.807, 2.05) is 60.7 Å². The number of carbonyl (C=O) groups excluding carboxylic acids is 1. The zero-order chi connectivity index (χ0) is 20.0. The molecule has 1 aliphatic carbocycles. The molecule has 1 aliphatic rings. The number of para-hydroxylation sites is 3. The molecular formula is C24H18N2O3. The second-order valence-electron chi connectivity index (χ2n) is 6.79. The number of carbonyl (C=O) groups is 1. The van der Waals surface area contributed by atoms with Crippen LogP contribution in [0.4, 0.5) is 11.5 Å². The second-order valence-corrected chi connectivity index (χ2v) is 6.79. The van der Waals surface area contributed by atoms with E-state index in [1.54, 1.807) is 20.3 Å². The Bertz CT molecular complexity index is 1280. The molecular weight excluding hydrogens is 364 g/mol. The average molecular weight is 382 g/mol. The number of hydrogen-bond acceptors (Lipinski definition) is 5.